The molecule has 2 aliphatic rings. The Kier molecular flexibility index (Phi) is 4.59. The van der Waals surface area contributed by atoms with Crippen molar-refractivity contribution in [2.45, 2.75) is 44.4 Å². The maximum atomic E-state index is 14.9. The SMILES string of the molecule is Cc1ccc(F)c([C@@H]2Nc3[nH]c(=O)n(C4CCOCC4)c(=O)c3C[C@@H]2F)c1. The first-order chi connectivity index (χ1) is 13.0. The van der Waals surface area contributed by atoms with Crippen molar-refractivity contribution in [1.29, 1.82) is 0 Å². The third kappa shape index (κ3) is 3.18. The summed E-state index contributed by atoms with van der Waals surface area (Å²) in [4.78, 5) is 28.0. The zero-order valence-electron chi connectivity index (χ0n) is 14.9. The number of fused-ring (bicyclic) bond motifs is 1. The summed E-state index contributed by atoms with van der Waals surface area (Å²) in [6.07, 6.45) is -0.550. The summed E-state index contributed by atoms with van der Waals surface area (Å²) < 4.78 is 35.6. The quantitative estimate of drug-likeness (QED) is 0.843. The molecule has 4 rings (SSSR count). The van der Waals surface area contributed by atoms with E-state index in [-0.39, 0.29) is 29.4 Å². The van der Waals surface area contributed by atoms with Crippen LogP contribution in [-0.2, 0) is 11.2 Å². The molecule has 0 aliphatic carbocycles. The minimum absolute atomic E-state index is 0.174. The molecule has 144 valence electrons. The molecule has 3 heterocycles. The van der Waals surface area contributed by atoms with Crippen LogP contribution in [0.1, 0.15) is 41.6 Å². The number of benzene rings is 1. The zero-order chi connectivity index (χ0) is 19.1. The van der Waals surface area contributed by atoms with Crippen molar-refractivity contribution in [2.75, 3.05) is 18.5 Å². The van der Waals surface area contributed by atoms with Gasteiger partial charge in [0.1, 0.15) is 17.8 Å². The average molecular weight is 377 g/mol. The summed E-state index contributed by atoms with van der Waals surface area (Å²) in [5.74, 6) is -0.352. The van der Waals surface area contributed by atoms with Crippen LogP contribution < -0.4 is 16.6 Å². The van der Waals surface area contributed by atoms with E-state index in [1.807, 2.05) is 0 Å². The van der Waals surface area contributed by atoms with Gasteiger partial charge in [-0.05, 0) is 25.8 Å². The van der Waals surface area contributed by atoms with E-state index in [9.17, 15) is 18.4 Å². The van der Waals surface area contributed by atoms with Gasteiger partial charge < -0.3 is 10.1 Å². The van der Waals surface area contributed by atoms with Crippen molar-refractivity contribution in [2.24, 2.45) is 0 Å². The van der Waals surface area contributed by atoms with Crippen molar-refractivity contribution in [3.8, 4) is 0 Å². The highest BCUT2D eigenvalue weighted by atomic mass is 19.1. The fraction of sp³-hybridized carbons (Fsp3) is 0.474. The first-order valence-corrected chi connectivity index (χ1v) is 9.08. The molecule has 2 N–H and O–H groups in total. The third-order valence-electron chi connectivity index (χ3n) is 5.33. The minimum atomic E-state index is -1.49. The standard InChI is InChI=1S/C19H21F2N3O3/c1-10-2-3-14(20)12(8-10)16-15(21)9-13-17(22-16)23-19(26)24(18(13)25)11-4-6-27-7-5-11/h2-3,8,11,15-16,22H,4-7,9H2,1H3,(H,23,26)/t15-,16-/m0/s1. The van der Waals surface area contributed by atoms with Crippen molar-refractivity contribution in [1.82, 2.24) is 9.55 Å². The highest BCUT2D eigenvalue weighted by Crippen LogP contribution is 2.33. The number of nitrogens with zero attached hydrogens (tertiary/aromatic N) is 1. The van der Waals surface area contributed by atoms with Gasteiger partial charge in [0.2, 0.25) is 0 Å². The number of alkyl halides is 1. The number of anilines is 1. The highest BCUT2D eigenvalue weighted by molar-refractivity contribution is 5.49. The lowest BCUT2D eigenvalue weighted by atomic mass is 9.92. The first-order valence-electron chi connectivity index (χ1n) is 9.08. The lowest BCUT2D eigenvalue weighted by Gasteiger charge is -2.31. The summed E-state index contributed by atoms with van der Waals surface area (Å²) in [5, 5.41) is 2.83. The van der Waals surface area contributed by atoms with Gasteiger partial charge in [0, 0.05) is 31.2 Å². The third-order valence-corrected chi connectivity index (χ3v) is 5.33. The van der Waals surface area contributed by atoms with Gasteiger partial charge in [0.15, 0.2) is 0 Å². The van der Waals surface area contributed by atoms with Gasteiger partial charge in [-0.25, -0.2) is 13.6 Å². The predicted octanol–water partition coefficient (Wildman–Crippen LogP) is 2.38. The molecule has 2 atom stereocenters. The van der Waals surface area contributed by atoms with Gasteiger partial charge >= 0.3 is 5.69 Å². The molecule has 1 aromatic carbocycles. The van der Waals surface area contributed by atoms with E-state index in [0.717, 1.165) is 5.56 Å². The zero-order valence-corrected chi connectivity index (χ0v) is 14.9. The van der Waals surface area contributed by atoms with E-state index in [0.29, 0.717) is 26.1 Å². The monoisotopic (exact) mass is 377 g/mol. The highest BCUT2D eigenvalue weighted by Gasteiger charge is 2.34. The van der Waals surface area contributed by atoms with Gasteiger partial charge in [-0.2, -0.15) is 0 Å². The van der Waals surface area contributed by atoms with E-state index < -0.39 is 29.3 Å². The molecule has 1 fully saturated rings. The Morgan fingerprint density at radius 3 is 2.70 bits per heavy atom. The molecule has 0 spiro atoms. The molecule has 0 bridgehead atoms. The molecule has 1 aromatic heterocycles. The van der Waals surface area contributed by atoms with E-state index in [2.05, 4.69) is 10.3 Å². The number of nitrogens with one attached hydrogen (secondary N) is 2. The smallest absolute Gasteiger partial charge is 0.330 e. The first kappa shape index (κ1) is 17.9. The van der Waals surface area contributed by atoms with Gasteiger partial charge in [0.25, 0.3) is 5.56 Å². The fourth-order valence-corrected chi connectivity index (χ4v) is 3.91. The maximum Gasteiger partial charge on any atom is 0.330 e. The number of aryl methyl sites for hydroxylation is 1. The molecular weight excluding hydrogens is 356 g/mol. The second kappa shape index (κ2) is 6.92. The molecule has 8 heteroatoms. The summed E-state index contributed by atoms with van der Waals surface area (Å²) in [5.41, 5.74) is 0.146. The lowest BCUT2D eigenvalue weighted by molar-refractivity contribution is 0.0673. The fourth-order valence-electron chi connectivity index (χ4n) is 3.91. The number of rotatable bonds is 2. The Labute approximate surface area is 154 Å². The maximum absolute atomic E-state index is 14.9. The van der Waals surface area contributed by atoms with Crippen LogP contribution in [0.2, 0.25) is 0 Å². The number of hydrogen-bond acceptors (Lipinski definition) is 4. The molecule has 2 aromatic rings. The molecule has 0 radical (unpaired) electrons. The molecular formula is C19H21F2N3O3. The van der Waals surface area contributed by atoms with Crippen LogP contribution >= 0.6 is 0 Å². The van der Waals surface area contributed by atoms with Crippen molar-refractivity contribution in [3.05, 3.63) is 61.5 Å². The normalized spacial score (nSPS) is 22.9. The number of halogens is 2. The van der Waals surface area contributed by atoms with E-state index in [1.54, 1.807) is 19.1 Å². The Morgan fingerprint density at radius 2 is 1.96 bits per heavy atom. The summed E-state index contributed by atoms with van der Waals surface area (Å²) in [7, 11) is 0. The number of H-pyrrole nitrogens is 1. The predicted molar refractivity (Wildman–Crippen MR) is 96.5 cm³/mol. The van der Waals surface area contributed by atoms with Crippen LogP contribution in [-0.4, -0.2) is 28.9 Å². The molecule has 0 unspecified atom stereocenters. The van der Waals surface area contributed by atoms with Crippen LogP contribution in [0.3, 0.4) is 0 Å². The average Bonchev–Trinajstić information content (AvgIpc) is 2.65. The lowest BCUT2D eigenvalue weighted by Crippen LogP contribution is -2.45. The Morgan fingerprint density at radius 1 is 1.22 bits per heavy atom. The van der Waals surface area contributed by atoms with Crippen molar-refractivity contribution < 1.29 is 13.5 Å². The molecule has 1 saturated heterocycles. The Hall–Kier alpha value is -2.48. The van der Waals surface area contributed by atoms with Crippen LogP contribution in [0.25, 0.3) is 0 Å². The second-order valence-electron chi connectivity index (χ2n) is 7.17. The van der Waals surface area contributed by atoms with Gasteiger partial charge in [0.05, 0.1) is 11.6 Å². The van der Waals surface area contributed by atoms with Crippen molar-refractivity contribution >= 4 is 5.82 Å². The molecule has 6 nitrogen and oxygen atoms in total. The van der Waals surface area contributed by atoms with Crippen LogP contribution in [0, 0.1) is 12.7 Å². The van der Waals surface area contributed by atoms with Crippen LogP contribution in [0.15, 0.2) is 27.8 Å². The summed E-state index contributed by atoms with van der Waals surface area (Å²) in [6.45, 7) is 2.75. The molecule has 27 heavy (non-hydrogen) atoms. The molecule has 0 saturated carbocycles. The van der Waals surface area contributed by atoms with Gasteiger partial charge in [-0.1, -0.05) is 17.7 Å². The van der Waals surface area contributed by atoms with Crippen molar-refractivity contribution in [3.63, 3.8) is 0 Å². The topological polar surface area (TPSA) is 76.1 Å². The van der Waals surface area contributed by atoms with E-state index >= 15 is 0 Å². The summed E-state index contributed by atoms with van der Waals surface area (Å²) in [6, 6.07) is 3.25. The molecule has 0 amide bonds. The number of aromatic nitrogens is 2. The molecule has 2 aliphatic heterocycles. The van der Waals surface area contributed by atoms with Gasteiger partial charge in [-0.15, -0.1) is 0 Å². The van der Waals surface area contributed by atoms with E-state index in [4.69, 9.17) is 4.74 Å². The van der Waals surface area contributed by atoms with Gasteiger partial charge in [-0.3, -0.25) is 14.3 Å². The number of aromatic amines is 1. The van der Waals surface area contributed by atoms with E-state index in [1.165, 1.54) is 10.6 Å². The number of hydrogen-bond donors (Lipinski definition) is 2. The minimum Gasteiger partial charge on any atom is -0.381 e. The summed E-state index contributed by atoms with van der Waals surface area (Å²) >= 11 is 0. The largest absolute Gasteiger partial charge is 0.381 e. The Bertz CT molecular complexity index is 979. The Balaban J connectivity index is 1.74. The van der Waals surface area contributed by atoms with Crippen LogP contribution in [0.5, 0.6) is 0 Å². The number of ether oxygens (including phenoxy) is 1. The second-order valence-corrected chi connectivity index (χ2v) is 7.17. The van der Waals surface area contributed by atoms with Crippen LogP contribution in [0.4, 0.5) is 14.6 Å².